The third-order valence-electron chi connectivity index (χ3n) is 0.987. The molecule has 0 aromatic heterocycles. The zero-order chi connectivity index (χ0) is 5.28. The molecular weight excluding hydrogens is 90.1 g/mol. The molecule has 0 unspecified atom stereocenters. The van der Waals surface area contributed by atoms with Crippen molar-refractivity contribution in [1.29, 1.82) is 0 Å². The Morgan fingerprint density at radius 2 is 2.57 bits per heavy atom. The van der Waals surface area contributed by atoms with Gasteiger partial charge in [-0.15, -0.1) is 0 Å². The van der Waals surface area contributed by atoms with Gasteiger partial charge in [0.05, 0.1) is 5.70 Å². The second kappa shape index (κ2) is 1.37. The number of aliphatic hydroxyl groups excluding tert-OH is 1. The molecule has 1 heterocycles. The van der Waals surface area contributed by atoms with Gasteiger partial charge in [0.1, 0.15) is 5.76 Å². The summed E-state index contributed by atoms with van der Waals surface area (Å²) < 4.78 is 0. The summed E-state index contributed by atoms with van der Waals surface area (Å²) in [5, 5.41) is 8.75. The van der Waals surface area contributed by atoms with Crippen molar-refractivity contribution in [2.75, 3.05) is 0 Å². The maximum absolute atomic E-state index is 8.75. The molecule has 0 aliphatic carbocycles. The van der Waals surface area contributed by atoms with E-state index in [0.29, 0.717) is 12.2 Å². The van der Waals surface area contributed by atoms with Crippen molar-refractivity contribution in [1.82, 2.24) is 0 Å². The first-order chi connectivity index (χ1) is 3.30. The van der Waals surface area contributed by atoms with Crippen molar-refractivity contribution >= 4 is 6.21 Å². The number of nitrogens with zero attached hydrogens (tertiary/aromatic N) is 1. The summed E-state index contributed by atoms with van der Waals surface area (Å²) in [5.41, 5.74) is 0.750. The molecule has 0 atom stereocenters. The maximum atomic E-state index is 8.75. The van der Waals surface area contributed by atoms with Gasteiger partial charge in [-0.3, -0.25) is 4.99 Å². The predicted molar refractivity (Wildman–Crippen MR) is 28.4 cm³/mol. The topological polar surface area (TPSA) is 32.6 Å². The average molecular weight is 97.1 g/mol. The normalized spacial score (nSPS) is 19.0. The summed E-state index contributed by atoms with van der Waals surface area (Å²) in [6.45, 7) is 1.79. The van der Waals surface area contributed by atoms with Gasteiger partial charge in [0.15, 0.2) is 0 Å². The molecule has 0 saturated heterocycles. The smallest absolute Gasteiger partial charge is 0.119 e. The monoisotopic (exact) mass is 97.1 g/mol. The predicted octanol–water partition coefficient (Wildman–Crippen LogP) is 1.25. The van der Waals surface area contributed by atoms with Gasteiger partial charge >= 0.3 is 0 Å². The van der Waals surface area contributed by atoms with Crippen LogP contribution < -0.4 is 0 Å². The molecule has 0 spiro atoms. The minimum atomic E-state index is 0.403. The standard InChI is InChI=1S/C5H7NO/c1-4-5(7)2-3-6-4/h3,7H,2H2,1H3. The summed E-state index contributed by atoms with van der Waals surface area (Å²) in [4.78, 5) is 3.82. The zero-order valence-corrected chi connectivity index (χ0v) is 4.18. The zero-order valence-electron chi connectivity index (χ0n) is 4.18. The largest absolute Gasteiger partial charge is 0.510 e. The lowest BCUT2D eigenvalue weighted by Crippen LogP contribution is -1.74. The second-order valence-electron chi connectivity index (χ2n) is 1.55. The highest BCUT2D eigenvalue weighted by molar-refractivity contribution is 5.65. The van der Waals surface area contributed by atoms with Gasteiger partial charge in [-0.25, -0.2) is 0 Å². The molecular formula is C5H7NO. The lowest BCUT2D eigenvalue weighted by atomic mass is 10.4. The van der Waals surface area contributed by atoms with Crippen LogP contribution in [-0.2, 0) is 0 Å². The highest BCUT2D eigenvalue weighted by Crippen LogP contribution is 2.10. The Balaban J connectivity index is 2.79. The summed E-state index contributed by atoms with van der Waals surface area (Å²) >= 11 is 0. The molecule has 2 nitrogen and oxygen atoms in total. The first kappa shape index (κ1) is 4.37. The van der Waals surface area contributed by atoms with Gasteiger partial charge in [-0.05, 0) is 6.92 Å². The Hall–Kier alpha value is -0.790. The third-order valence-corrected chi connectivity index (χ3v) is 0.987. The van der Waals surface area contributed by atoms with Crippen LogP contribution in [0, 0.1) is 0 Å². The molecule has 38 valence electrons. The van der Waals surface area contributed by atoms with Crippen molar-refractivity contribution in [3.8, 4) is 0 Å². The van der Waals surface area contributed by atoms with Gasteiger partial charge in [-0.2, -0.15) is 0 Å². The molecule has 1 N–H and O–H groups in total. The first-order valence-electron chi connectivity index (χ1n) is 2.22. The number of rotatable bonds is 0. The Kier molecular flexibility index (Phi) is 0.855. The van der Waals surface area contributed by atoms with Gasteiger partial charge < -0.3 is 5.11 Å². The van der Waals surface area contributed by atoms with Crippen LogP contribution in [0.15, 0.2) is 16.4 Å². The summed E-state index contributed by atoms with van der Waals surface area (Å²) in [6.07, 6.45) is 2.32. The van der Waals surface area contributed by atoms with Crippen molar-refractivity contribution < 1.29 is 5.11 Å². The molecule has 0 saturated carbocycles. The van der Waals surface area contributed by atoms with Crippen LogP contribution in [0.5, 0.6) is 0 Å². The second-order valence-corrected chi connectivity index (χ2v) is 1.55. The van der Waals surface area contributed by atoms with E-state index < -0.39 is 0 Å². The van der Waals surface area contributed by atoms with Crippen LogP contribution in [-0.4, -0.2) is 11.3 Å². The Labute approximate surface area is 42.2 Å². The lowest BCUT2D eigenvalue weighted by molar-refractivity contribution is 0.402. The Morgan fingerprint density at radius 3 is 2.71 bits per heavy atom. The quantitative estimate of drug-likeness (QED) is 0.484. The summed E-state index contributed by atoms with van der Waals surface area (Å²) in [6, 6.07) is 0. The fourth-order valence-electron chi connectivity index (χ4n) is 0.491. The number of aliphatic hydroxyl groups is 1. The van der Waals surface area contributed by atoms with E-state index in [4.69, 9.17) is 5.11 Å². The van der Waals surface area contributed by atoms with E-state index in [9.17, 15) is 0 Å². The fraction of sp³-hybridized carbons (Fsp3) is 0.400. The van der Waals surface area contributed by atoms with E-state index in [1.807, 2.05) is 0 Å². The van der Waals surface area contributed by atoms with Crippen LogP contribution in [0.25, 0.3) is 0 Å². The maximum Gasteiger partial charge on any atom is 0.119 e. The molecule has 0 bridgehead atoms. The van der Waals surface area contributed by atoms with E-state index in [-0.39, 0.29) is 0 Å². The number of allylic oxidation sites excluding steroid dienone is 2. The third kappa shape index (κ3) is 0.633. The molecule has 2 heteroatoms. The van der Waals surface area contributed by atoms with E-state index >= 15 is 0 Å². The van der Waals surface area contributed by atoms with Crippen molar-refractivity contribution in [2.45, 2.75) is 13.3 Å². The average Bonchev–Trinajstić information content (AvgIpc) is 1.91. The van der Waals surface area contributed by atoms with Crippen LogP contribution in [0.1, 0.15) is 13.3 Å². The van der Waals surface area contributed by atoms with Gasteiger partial charge in [0, 0.05) is 12.6 Å². The minimum Gasteiger partial charge on any atom is -0.510 e. The molecule has 0 amide bonds. The molecule has 0 aromatic rings. The Bertz CT molecular complexity index is 135. The van der Waals surface area contributed by atoms with Crippen molar-refractivity contribution in [2.24, 2.45) is 4.99 Å². The van der Waals surface area contributed by atoms with Crippen LogP contribution in [0.3, 0.4) is 0 Å². The number of aliphatic imine (C=N–C) groups is 1. The molecule has 1 aliphatic rings. The number of hydrogen-bond acceptors (Lipinski definition) is 2. The lowest BCUT2D eigenvalue weighted by Gasteiger charge is -1.85. The molecule has 0 fully saturated rings. The SMILES string of the molecule is CC1=C(O)CC=N1. The molecule has 7 heavy (non-hydrogen) atoms. The van der Waals surface area contributed by atoms with Crippen LogP contribution in [0.4, 0.5) is 0 Å². The summed E-state index contributed by atoms with van der Waals surface area (Å²) in [5.74, 6) is 0.403. The van der Waals surface area contributed by atoms with Crippen LogP contribution in [0.2, 0.25) is 0 Å². The van der Waals surface area contributed by atoms with Gasteiger partial charge in [0.25, 0.3) is 0 Å². The minimum absolute atomic E-state index is 0.403. The highest BCUT2D eigenvalue weighted by Gasteiger charge is 2.00. The molecule has 1 rings (SSSR count). The van der Waals surface area contributed by atoms with E-state index in [1.165, 1.54) is 0 Å². The van der Waals surface area contributed by atoms with E-state index in [2.05, 4.69) is 4.99 Å². The fourth-order valence-corrected chi connectivity index (χ4v) is 0.491. The summed E-state index contributed by atoms with van der Waals surface area (Å²) in [7, 11) is 0. The Morgan fingerprint density at radius 1 is 1.86 bits per heavy atom. The molecule has 0 radical (unpaired) electrons. The number of hydrogen-bond donors (Lipinski definition) is 1. The molecule has 1 aliphatic heterocycles. The first-order valence-corrected chi connectivity index (χ1v) is 2.22. The highest BCUT2D eigenvalue weighted by atomic mass is 16.3. The van der Waals surface area contributed by atoms with Gasteiger partial charge in [0.2, 0.25) is 0 Å². The van der Waals surface area contributed by atoms with Crippen molar-refractivity contribution in [3.05, 3.63) is 11.5 Å². The van der Waals surface area contributed by atoms with E-state index in [1.54, 1.807) is 13.1 Å². The van der Waals surface area contributed by atoms with E-state index in [0.717, 1.165) is 5.70 Å². The van der Waals surface area contributed by atoms with Gasteiger partial charge in [-0.1, -0.05) is 0 Å². The van der Waals surface area contributed by atoms with Crippen LogP contribution >= 0.6 is 0 Å². The van der Waals surface area contributed by atoms with Crippen molar-refractivity contribution in [3.63, 3.8) is 0 Å². The molecule has 0 aromatic carbocycles.